The quantitative estimate of drug-likeness (QED) is 0.343. The van der Waals surface area contributed by atoms with Crippen LogP contribution in [0.15, 0.2) is 51.9 Å². The van der Waals surface area contributed by atoms with Crippen LogP contribution >= 0.6 is 0 Å². The largest absolute Gasteiger partial charge is 0.393 e. The number of hydrogen-bond donors (Lipinski definition) is 3. The van der Waals surface area contributed by atoms with Crippen LogP contribution in [0, 0.1) is 34.0 Å². The summed E-state index contributed by atoms with van der Waals surface area (Å²) in [7, 11) is 0. The molecule has 0 spiro atoms. The van der Waals surface area contributed by atoms with Crippen molar-refractivity contribution in [3.63, 3.8) is 0 Å². The summed E-state index contributed by atoms with van der Waals surface area (Å²) in [5.74, 6) is 2.22. The van der Waals surface area contributed by atoms with Gasteiger partial charge in [0.15, 0.2) is 11.2 Å². The Morgan fingerprint density at radius 1 is 1.07 bits per heavy atom. The third-order valence-electron chi connectivity index (χ3n) is 11.5. The number of hydrogen-bond acceptors (Lipinski definition) is 4. The van der Waals surface area contributed by atoms with E-state index in [1.165, 1.54) is 69.6 Å². The third kappa shape index (κ3) is 4.84. The monoisotopic (exact) mass is 546 g/mol. The minimum Gasteiger partial charge on any atom is -0.393 e. The predicted octanol–water partition coefficient (Wildman–Crippen LogP) is 7.66. The highest BCUT2D eigenvalue weighted by Gasteiger charge is 2.57. The molecular weight excluding hydrogens is 496 g/mol. The number of fused-ring (bicyclic) bond motifs is 5. The van der Waals surface area contributed by atoms with E-state index < -0.39 is 0 Å². The van der Waals surface area contributed by atoms with E-state index in [1.807, 2.05) is 0 Å². The van der Waals surface area contributed by atoms with Crippen molar-refractivity contribution in [2.75, 3.05) is 0 Å². The predicted molar refractivity (Wildman–Crippen MR) is 163 cm³/mol. The number of nitrogens with zero attached hydrogens (tertiary/aromatic N) is 2. The smallest absolute Gasteiger partial charge is 0.276 e. The number of allylic oxidation sites excluding steroid dienone is 6. The molecule has 40 heavy (non-hydrogen) atoms. The topological polar surface area (TPSA) is 94.7 Å². The van der Waals surface area contributed by atoms with Crippen molar-refractivity contribution in [1.29, 1.82) is 0 Å². The van der Waals surface area contributed by atoms with Gasteiger partial charge in [-0.3, -0.25) is 4.79 Å². The fourth-order valence-corrected chi connectivity index (χ4v) is 9.19. The van der Waals surface area contributed by atoms with Crippen molar-refractivity contribution >= 4 is 11.2 Å². The van der Waals surface area contributed by atoms with E-state index in [0.29, 0.717) is 27.9 Å². The molecular formula is C34H50N4O2. The van der Waals surface area contributed by atoms with Crippen LogP contribution in [0.4, 0.5) is 0 Å². The molecule has 0 aliphatic heterocycles. The van der Waals surface area contributed by atoms with Crippen molar-refractivity contribution in [2.45, 2.75) is 112 Å². The molecule has 6 atom stereocenters. The van der Waals surface area contributed by atoms with Crippen molar-refractivity contribution in [3.8, 4) is 0 Å². The number of nitrogens with one attached hydrogen (secondary N) is 2. The molecule has 3 N–H and O–H groups in total. The maximum Gasteiger partial charge on any atom is 0.276 e. The molecule has 0 bridgehead atoms. The van der Waals surface area contributed by atoms with Gasteiger partial charge in [0, 0.05) is 0 Å². The van der Waals surface area contributed by atoms with Crippen molar-refractivity contribution in [3.05, 3.63) is 57.5 Å². The number of aliphatic hydroxyl groups is 1. The third-order valence-corrected chi connectivity index (χ3v) is 11.5. The number of H-pyrrole nitrogens is 2. The summed E-state index contributed by atoms with van der Waals surface area (Å²) in [6.07, 6.45) is 18.8. The normalized spacial score (nSPS) is 33.2. The first-order chi connectivity index (χ1) is 18.9. The molecule has 2 aromatic rings. The van der Waals surface area contributed by atoms with Gasteiger partial charge in [-0.05, 0) is 117 Å². The van der Waals surface area contributed by atoms with Crippen molar-refractivity contribution < 1.29 is 5.11 Å². The van der Waals surface area contributed by atoms with Crippen molar-refractivity contribution in [2.24, 2.45) is 34.0 Å². The van der Waals surface area contributed by atoms with Gasteiger partial charge in [-0.25, -0.2) is 9.97 Å². The molecule has 0 aromatic carbocycles. The SMILES string of the molecule is CC(C)=CCC[C@@H](C)[C@H]1CC=C2C3=C(CC[C@@]21C)[C@@]1(C)CC[C@H](O)C(C)(C)[C@@H]1CC3.O=c1[nH]cnc2nc[nH]c12. The molecule has 218 valence electrons. The van der Waals surface area contributed by atoms with Gasteiger partial charge < -0.3 is 15.1 Å². The van der Waals surface area contributed by atoms with Gasteiger partial charge in [-0.2, -0.15) is 0 Å². The first-order valence-corrected chi connectivity index (χ1v) is 15.5. The molecule has 0 unspecified atom stereocenters. The lowest BCUT2D eigenvalue weighted by molar-refractivity contribution is -0.0905. The Hall–Kier alpha value is -2.47. The van der Waals surface area contributed by atoms with E-state index in [1.54, 1.807) is 16.7 Å². The average Bonchev–Trinajstić information content (AvgIpc) is 3.52. The number of rotatable bonds is 4. The lowest BCUT2D eigenvalue weighted by atomic mass is 9.46. The van der Waals surface area contributed by atoms with Crippen LogP contribution in [0.1, 0.15) is 106 Å². The summed E-state index contributed by atoms with van der Waals surface area (Å²) in [6, 6.07) is 0. The lowest BCUT2D eigenvalue weighted by Gasteiger charge is -2.59. The molecule has 2 heterocycles. The van der Waals surface area contributed by atoms with E-state index >= 15 is 0 Å². The van der Waals surface area contributed by atoms with E-state index in [9.17, 15) is 9.90 Å². The average molecular weight is 547 g/mol. The van der Waals surface area contributed by atoms with Gasteiger partial charge in [0.25, 0.3) is 5.56 Å². The van der Waals surface area contributed by atoms with E-state index in [2.05, 4.69) is 80.6 Å². The molecule has 6 heteroatoms. The maximum absolute atomic E-state index is 10.9. The molecule has 1 saturated carbocycles. The zero-order valence-corrected chi connectivity index (χ0v) is 25.7. The highest BCUT2D eigenvalue weighted by atomic mass is 16.3. The highest BCUT2D eigenvalue weighted by molar-refractivity contribution is 5.67. The molecule has 1 fully saturated rings. The van der Waals surface area contributed by atoms with Gasteiger partial charge in [0.1, 0.15) is 0 Å². The maximum atomic E-state index is 10.9. The second kappa shape index (κ2) is 10.7. The van der Waals surface area contributed by atoms with Crippen LogP contribution in [-0.4, -0.2) is 31.1 Å². The molecule has 4 aliphatic rings. The Balaban J connectivity index is 0.000000269. The molecule has 0 radical (unpaired) electrons. The fourth-order valence-electron chi connectivity index (χ4n) is 9.19. The van der Waals surface area contributed by atoms with Gasteiger partial charge >= 0.3 is 0 Å². The number of aromatic nitrogens is 4. The van der Waals surface area contributed by atoms with Gasteiger partial charge in [0.2, 0.25) is 0 Å². The lowest BCUT2D eigenvalue weighted by Crippen LogP contribution is -2.53. The first-order valence-electron chi connectivity index (χ1n) is 15.5. The van der Waals surface area contributed by atoms with Gasteiger partial charge in [0.05, 0.1) is 18.8 Å². The Labute approximate surface area is 239 Å². The fraction of sp³-hybridized carbons (Fsp3) is 0.676. The summed E-state index contributed by atoms with van der Waals surface area (Å²) < 4.78 is 0. The van der Waals surface area contributed by atoms with Crippen LogP contribution in [0.25, 0.3) is 11.2 Å². The van der Waals surface area contributed by atoms with Gasteiger partial charge in [-0.15, -0.1) is 0 Å². The minimum absolute atomic E-state index is 0.0400. The standard InChI is InChI=1S/C29H46O.C5H4N4O/c1-19(2)9-8-10-20(3)22-12-13-23-21-11-14-25-27(4,5)26(30)16-18-29(25,7)24(21)15-17-28(22,23)6;10-5-3-4(7-1-6-3)8-2-9-5/h9,13,20,22,25-26,30H,8,10-12,14-18H2,1-7H3;1-2H,(H2,6,7,8,9,10)/t20-,22-,25+,26+,28-,29-;/m1./s1. The summed E-state index contributed by atoms with van der Waals surface area (Å²) in [5, 5.41) is 10.7. The Morgan fingerprint density at radius 2 is 1.80 bits per heavy atom. The Morgan fingerprint density at radius 3 is 2.50 bits per heavy atom. The number of aromatic amines is 2. The Kier molecular flexibility index (Phi) is 7.80. The van der Waals surface area contributed by atoms with E-state index in [4.69, 9.17) is 0 Å². The van der Waals surface area contributed by atoms with Crippen LogP contribution in [0.3, 0.4) is 0 Å². The summed E-state index contributed by atoms with van der Waals surface area (Å²) in [6.45, 7) is 16.8. The molecule has 6 rings (SSSR count). The minimum atomic E-state index is -0.192. The number of imidazole rings is 1. The second-order valence-corrected chi connectivity index (χ2v) is 14.4. The highest BCUT2D eigenvalue weighted by Crippen LogP contribution is 2.66. The Bertz CT molecular complexity index is 1390. The van der Waals surface area contributed by atoms with Crippen molar-refractivity contribution in [1.82, 2.24) is 19.9 Å². The van der Waals surface area contributed by atoms with Gasteiger partial charge in [-0.1, -0.05) is 57.9 Å². The molecule has 0 saturated heterocycles. The van der Waals surface area contributed by atoms with Crippen LogP contribution < -0.4 is 5.56 Å². The summed E-state index contributed by atoms with van der Waals surface area (Å²) in [4.78, 5) is 23.6. The molecule has 0 amide bonds. The van der Waals surface area contributed by atoms with Crippen LogP contribution in [0.2, 0.25) is 0 Å². The summed E-state index contributed by atoms with van der Waals surface area (Å²) in [5.41, 5.74) is 8.14. The summed E-state index contributed by atoms with van der Waals surface area (Å²) >= 11 is 0. The van der Waals surface area contributed by atoms with Crippen LogP contribution in [0.5, 0.6) is 0 Å². The molecule has 4 aliphatic carbocycles. The zero-order chi connectivity index (χ0) is 28.9. The second-order valence-electron chi connectivity index (χ2n) is 14.4. The van der Waals surface area contributed by atoms with E-state index in [-0.39, 0.29) is 17.1 Å². The first kappa shape index (κ1) is 29.0. The number of aliphatic hydroxyl groups excluding tert-OH is 1. The van der Waals surface area contributed by atoms with E-state index in [0.717, 1.165) is 18.3 Å². The zero-order valence-electron chi connectivity index (χ0n) is 25.7. The molecule has 2 aromatic heterocycles. The van der Waals surface area contributed by atoms with Crippen LogP contribution in [-0.2, 0) is 0 Å². The molecule has 6 nitrogen and oxygen atoms in total.